The molecule has 0 amide bonds. The predicted molar refractivity (Wildman–Crippen MR) is 85.8 cm³/mol. The lowest BCUT2D eigenvalue weighted by molar-refractivity contribution is 0.476. The molecule has 0 radical (unpaired) electrons. The fourth-order valence-corrected chi connectivity index (χ4v) is 3.57. The van der Waals surface area contributed by atoms with Crippen LogP contribution in [0.2, 0.25) is 0 Å². The molecule has 0 atom stereocenters. The van der Waals surface area contributed by atoms with E-state index < -0.39 is 0 Å². The van der Waals surface area contributed by atoms with Crippen molar-refractivity contribution in [3.05, 3.63) is 65.4 Å². The largest absolute Gasteiger partial charge is 0.508 e. The van der Waals surface area contributed by atoms with Gasteiger partial charge in [0.1, 0.15) is 5.75 Å². The number of benzene rings is 2. The Bertz CT molecular complexity index is 786. The minimum Gasteiger partial charge on any atom is -0.508 e. The molecule has 1 heterocycles. The monoisotopic (exact) mass is 277 g/mol. The van der Waals surface area contributed by atoms with Gasteiger partial charge in [-0.25, -0.2) is 0 Å². The van der Waals surface area contributed by atoms with Gasteiger partial charge in [-0.3, -0.25) is 0 Å². The topological polar surface area (TPSA) is 25.2 Å². The molecular weight excluding hydrogens is 258 g/mol. The lowest BCUT2D eigenvalue weighted by Crippen LogP contribution is -2.09. The number of aryl methyl sites for hydroxylation is 1. The Morgan fingerprint density at radius 1 is 0.952 bits per heavy atom. The first kappa shape index (κ1) is 12.5. The number of aromatic hydroxyl groups is 1. The van der Waals surface area contributed by atoms with Crippen LogP contribution in [-0.4, -0.2) is 9.67 Å². The van der Waals surface area contributed by atoms with Crippen LogP contribution in [-0.2, 0) is 19.4 Å². The third-order valence-corrected chi connectivity index (χ3v) is 4.54. The molecule has 0 bridgehead atoms. The summed E-state index contributed by atoms with van der Waals surface area (Å²) >= 11 is 0. The molecule has 0 saturated carbocycles. The van der Waals surface area contributed by atoms with Crippen molar-refractivity contribution in [1.29, 1.82) is 0 Å². The summed E-state index contributed by atoms with van der Waals surface area (Å²) in [4.78, 5) is 0. The molecule has 21 heavy (non-hydrogen) atoms. The van der Waals surface area contributed by atoms with Gasteiger partial charge in [0, 0.05) is 23.1 Å². The molecule has 0 spiro atoms. The SMILES string of the molecule is Oc1ccc2c(c1)c1c(n2Cc2ccccc2)CCCC1. The first-order chi connectivity index (χ1) is 10.3. The Balaban J connectivity index is 1.91. The van der Waals surface area contributed by atoms with Gasteiger partial charge < -0.3 is 9.67 Å². The minimum absolute atomic E-state index is 0.368. The van der Waals surface area contributed by atoms with Crippen molar-refractivity contribution in [3.8, 4) is 5.75 Å². The van der Waals surface area contributed by atoms with Crippen molar-refractivity contribution in [2.75, 3.05) is 0 Å². The van der Waals surface area contributed by atoms with Crippen molar-refractivity contribution in [3.63, 3.8) is 0 Å². The summed E-state index contributed by atoms with van der Waals surface area (Å²) in [6.07, 6.45) is 4.81. The number of rotatable bonds is 2. The second-order valence-electron chi connectivity index (χ2n) is 5.91. The third kappa shape index (κ3) is 2.11. The van der Waals surface area contributed by atoms with E-state index in [0.717, 1.165) is 19.4 Å². The fraction of sp³-hybridized carbons (Fsp3) is 0.263. The maximum Gasteiger partial charge on any atom is 0.116 e. The molecule has 1 aliphatic rings. The third-order valence-electron chi connectivity index (χ3n) is 4.54. The standard InChI is InChI=1S/C19H19NO/c21-15-10-11-19-17(12-15)16-8-4-5-9-18(16)20(19)13-14-6-2-1-3-7-14/h1-3,6-7,10-12,21H,4-5,8-9,13H2. The highest BCUT2D eigenvalue weighted by molar-refractivity contribution is 5.87. The van der Waals surface area contributed by atoms with E-state index in [1.165, 1.54) is 40.6 Å². The summed E-state index contributed by atoms with van der Waals surface area (Å²) < 4.78 is 2.44. The van der Waals surface area contributed by atoms with Crippen LogP contribution in [0.1, 0.15) is 29.7 Å². The second kappa shape index (κ2) is 4.96. The Morgan fingerprint density at radius 3 is 2.62 bits per heavy atom. The smallest absolute Gasteiger partial charge is 0.116 e. The van der Waals surface area contributed by atoms with E-state index in [1.807, 2.05) is 6.07 Å². The van der Waals surface area contributed by atoms with Crippen molar-refractivity contribution in [2.45, 2.75) is 32.2 Å². The van der Waals surface area contributed by atoms with Crippen molar-refractivity contribution in [1.82, 2.24) is 4.57 Å². The molecule has 1 aliphatic carbocycles. The normalized spacial score (nSPS) is 14.3. The van der Waals surface area contributed by atoms with Gasteiger partial charge in [-0.15, -0.1) is 0 Å². The van der Waals surface area contributed by atoms with Gasteiger partial charge in [-0.2, -0.15) is 0 Å². The molecular formula is C19H19NO. The lowest BCUT2D eigenvalue weighted by Gasteiger charge is -2.16. The number of hydrogen-bond donors (Lipinski definition) is 1. The Hall–Kier alpha value is -2.22. The summed E-state index contributed by atoms with van der Waals surface area (Å²) in [5.74, 6) is 0.368. The highest BCUT2D eigenvalue weighted by Gasteiger charge is 2.20. The zero-order valence-corrected chi connectivity index (χ0v) is 12.0. The average molecular weight is 277 g/mol. The molecule has 4 rings (SSSR count). The van der Waals surface area contributed by atoms with Crippen LogP contribution in [0.3, 0.4) is 0 Å². The van der Waals surface area contributed by atoms with Gasteiger partial charge in [0.25, 0.3) is 0 Å². The van der Waals surface area contributed by atoms with Crippen LogP contribution in [0.25, 0.3) is 10.9 Å². The van der Waals surface area contributed by atoms with Crippen LogP contribution < -0.4 is 0 Å². The van der Waals surface area contributed by atoms with Crippen LogP contribution in [0.4, 0.5) is 0 Å². The minimum atomic E-state index is 0.368. The first-order valence-corrected chi connectivity index (χ1v) is 7.70. The highest BCUT2D eigenvalue weighted by atomic mass is 16.3. The maximum absolute atomic E-state index is 9.82. The van der Waals surface area contributed by atoms with E-state index in [1.54, 1.807) is 6.07 Å². The second-order valence-corrected chi connectivity index (χ2v) is 5.91. The summed E-state index contributed by atoms with van der Waals surface area (Å²) in [6, 6.07) is 16.4. The summed E-state index contributed by atoms with van der Waals surface area (Å²) in [7, 11) is 0. The van der Waals surface area contributed by atoms with E-state index >= 15 is 0 Å². The zero-order chi connectivity index (χ0) is 14.2. The van der Waals surface area contributed by atoms with Crippen LogP contribution in [0.5, 0.6) is 5.75 Å². The Kier molecular flexibility index (Phi) is 2.95. The Labute approximate surface area is 124 Å². The number of phenolic OH excluding ortho intramolecular Hbond substituents is 1. The van der Waals surface area contributed by atoms with Gasteiger partial charge in [0.15, 0.2) is 0 Å². The summed E-state index contributed by atoms with van der Waals surface area (Å²) in [5.41, 5.74) is 5.49. The predicted octanol–water partition coefficient (Wildman–Crippen LogP) is 4.27. The highest BCUT2D eigenvalue weighted by Crippen LogP contribution is 2.34. The van der Waals surface area contributed by atoms with Crippen LogP contribution >= 0.6 is 0 Å². The molecule has 0 aliphatic heterocycles. The molecule has 0 fully saturated rings. The average Bonchev–Trinajstić information content (AvgIpc) is 2.82. The van der Waals surface area contributed by atoms with Gasteiger partial charge in [-0.05, 0) is 55.0 Å². The molecule has 0 unspecified atom stereocenters. The fourth-order valence-electron chi connectivity index (χ4n) is 3.57. The molecule has 1 N–H and O–H groups in total. The van der Waals surface area contributed by atoms with E-state index in [9.17, 15) is 5.11 Å². The van der Waals surface area contributed by atoms with Crippen molar-refractivity contribution >= 4 is 10.9 Å². The molecule has 3 aromatic rings. The van der Waals surface area contributed by atoms with E-state index in [2.05, 4.69) is 41.0 Å². The molecule has 2 nitrogen and oxygen atoms in total. The van der Waals surface area contributed by atoms with Gasteiger partial charge in [0.2, 0.25) is 0 Å². The molecule has 1 aromatic heterocycles. The molecule has 0 saturated heterocycles. The zero-order valence-electron chi connectivity index (χ0n) is 12.0. The number of phenols is 1. The van der Waals surface area contributed by atoms with E-state index in [0.29, 0.717) is 5.75 Å². The quantitative estimate of drug-likeness (QED) is 0.743. The molecule has 2 aromatic carbocycles. The Morgan fingerprint density at radius 2 is 1.76 bits per heavy atom. The van der Waals surface area contributed by atoms with E-state index in [4.69, 9.17) is 0 Å². The van der Waals surface area contributed by atoms with Crippen LogP contribution in [0.15, 0.2) is 48.5 Å². The number of hydrogen-bond acceptors (Lipinski definition) is 1. The number of nitrogens with zero attached hydrogens (tertiary/aromatic N) is 1. The maximum atomic E-state index is 9.82. The summed E-state index contributed by atoms with van der Waals surface area (Å²) in [5, 5.41) is 11.1. The van der Waals surface area contributed by atoms with Gasteiger partial charge >= 0.3 is 0 Å². The van der Waals surface area contributed by atoms with E-state index in [-0.39, 0.29) is 0 Å². The molecule has 106 valence electrons. The number of aromatic nitrogens is 1. The number of fused-ring (bicyclic) bond motifs is 3. The van der Waals surface area contributed by atoms with Gasteiger partial charge in [0.05, 0.1) is 0 Å². The van der Waals surface area contributed by atoms with Crippen LogP contribution in [0, 0.1) is 0 Å². The lowest BCUT2D eigenvalue weighted by atomic mass is 9.95. The van der Waals surface area contributed by atoms with Crippen molar-refractivity contribution in [2.24, 2.45) is 0 Å². The molecule has 2 heteroatoms. The summed E-state index contributed by atoms with van der Waals surface area (Å²) in [6.45, 7) is 0.914. The first-order valence-electron chi connectivity index (χ1n) is 7.70. The van der Waals surface area contributed by atoms with Crippen molar-refractivity contribution < 1.29 is 5.11 Å². The van der Waals surface area contributed by atoms with Gasteiger partial charge in [-0.1, -0.05) is 30.3 Å².